The average molecular weight is 290 g/mol. The molecule has 0 aliphatic rings. The Bertz CT molecular complexity index is 253. The van der Waals surface area contributed by atoms with E-state index < -0.39 is 12.4 Å². The van der Waals surface area contributed by atoms with Crippen LogP contribution in [0.15, 0.2) is 12.2 Å². The van der Waals surface area contributed by atoms with Crippen LogP contribution in [0.1, 0.15) is 71.1 Å². The molecule has 2 nitrogen and oxygen atoms in total. The second-order valence-corrected chi connectivity index (χ2v) is 4.96. The molecule has 0 aromatic heterocycles. The van der Waals surface area contributed by atoms with E-state index >= 15 is 0 Å². The van der Waals surface area contributed by atoms with Gasteiger partial charge in [-0.2, -0.15) is 8.78 Å². The van der Waals surface area contributed by atoms with Gasteiger partial charge in [0.15, 0.2) is 0 Å². The van der Waals surface area contributed by atoms with Gasteiger partial charge in [-0.3, -0.25) is 0 Å². The van der Waals surface area contributed by atoms with E-state index in [4.69, 9.17) is 0 Å². The molecule has 0 N–H and O–H groups in total. The Labute approximate surface area is 121 Å². The van der Waals surface area contributed by atoms with E-state index in [0.717, 1.165) is 19.3 Å². The molecule has 0 aromatic rings. The smallest absolute Gasteiger partial charge is 0.373 e. The van der Waals surface area contributed by atoms with Gasteiger partial charge in [-0.25, -0.2) is 4.79 Å². The first kappa shape index (κ1) is 19.1. The summed E-state index contributed by atoms with van der Waals surface area (Å²) in [5.74, 6) is -1.40. The molecule has 118 valence electrons. The molecule has 0 spiro atoms. The predicted octanol–water partition coefficient (Wildman–Crippen LogP) is 5.27. The van der Waals surface area contributed by atoms with E-state index in [1.54, 1.807) is 0 Å². The highest BCUT2D eigenvalue weighted by molar-refractivity contribution is 5.72. The molecule has 4 heteroatoms. The average Bonchev–Trinajstić information content (AvgIpc) is 2.43. The summed E-state index contributed by atoms with van der Waals surface area (Å²) >= 11 is 0. The maximum atomic E-state index is 11.8. The minimum absolute atomic E-state index is 0.118. The van der Waals surface area contributed by atoms with Crippen molar-refractivity contribution in [2.24, 2.45) is 0 Å². The Morgan fingerprint density at radius 2 is 1.50 bits per heavy atom. The first-order chi connectivity index (χ1) is 9.68. The minimum Gasteiger partial charge on any atom is -0.461 e. The van der Waals surface area contributed by atoms with Gasteiger partial charge in [0.25, 0.3) is 0 Å². The van der Waals surface area contributed by atoms with Crippen LogP contribution >= 0.6 is 0 Å². The maximum Gasteiger partial charge on any atom is 0.373 e. The van der Waals surface area contributed by atoms with Crippen LogP contribution in [-0.4, -0.2) is 19.0 Å². The molecular formula is C16H28F2O2. The molecule has 0 rings (SSSR count). The largest absolute Gasteiger partial charge is 0.461 e. The van der Waals surface area contributed by atoms with Crippen molar-refractivity contribution in [1.82, 2.24) is 0 Å². The second kappa shape index (κ2) is 14.5. The van der Waals surface area contributed by atoms with Crippen LogP contribution < -0.4 is 0 Å². The van der Waals surface area contributed by atoms with Crippen LogP contribution in [0.25, 0.3) is 0 Å². The molecule has 0 aliphatic heterocycles. The van der Waals surface area contributed by atoms with E-state index in [2.05, 4.69) is 23.8 Å². The maximum absolute atomic E-state index is 11.8. The summed E-state index contributed by atoms with van der Waals surface area (Å²) in [6, 6.07) is 0. The van der Waals surface area contributed by atoms with Gasteiger partial charge in [0.2, 0.25) is 0 Å². The van der Waals surface area contributed by atoms with E-state index in [1.807, 2.05) is 0 Å². The van der Waals surface area contributed by atoms with E-state index in [9.17, 15) is 13.6 Å². The molecule has 0 heterocycles. The Kier molecular flexibility index (Phi) is 13.8. The van der Waals surface area contributed by atoms with Gasteiger partial charge in [0, 0.05) is 0 Å². The number of carbonyl (C=O) groups excluding carboxylic acids is 1. The Hall–Kier alpha value is -0.930. The second-order valence-electron chi connectivity index (χ2n) is 4.96. The van der Waals surface area contributed by atoms with Crippen LogP contribution in [-0.2, 0) is 9.53 Å². The van der Waals surface area contributed by atoms with Crippen molar-refractivity contribution >= 4 is 5.97 Å². The normalized spacial score (nSPS) is 11.4. The molecule has 0 amide bonds. The number of alkyl halides is 2. The van der Waals surface area contributed by atoms with Crippen molar-refractivity contribution in [3.63, 3.8) is 0 Å². The van der Waals surface area contributed by atoms with Crippen LogP contribution in [0.4, 0.5) is 8.78 Å². The molecule has 0 aliphatic carbocycles. The number of hydrogen-bond acceptors (Lipinski definition) is 2. The number of esters is 1. The Balaban J connectivity index is 3.10. The van der Waals surface area contributed by atoms with Crippen molar-refractivity contribution < 1.29 is 18.3 Å². The summed E-state index contributed by atoms with van der Waals surface area (Å²) in [5, 5.41) is 0. The molecule has 0 atom stereocenters. The van der Waals surface area contributed by atoms with Crippen molar-refractivity contribution in [3.8, 4) is 0 Å². The summed E-state index contributed by atoms with van der Waals surface area (Å²) in [5.41, 5.74) is 0. The first-order valence-corrected chi connectivity index (χ1v) is 7.78. The summed E-state index contributed by atoms with van der Waals surface area (Å²) < 4.78 is 28.0. The molecule has 0 bridgehead atoms. The molecule has 0 saturated heterocycles. The minimum atomic E-state index is -3.00. The molecule has 0 unspecified atom stereocenters. The molecule has 0 saturated carbocycles. The van der Waals surface area contributed by atoms with Gasteiger partial charge in [0.1, 0.15) is 0 Å². The SMILES string of the molecule is CC/C=C\CCCCCCCCCCOC(=O)C(F)F. The summed E-state index contributed by atoms with van der Waals surface area (Å²) in [6.07, 6.45) is 12.7. The fourth-order valence-corrected chi connectivity index (χ4v) is 1.95. The topological polar surface area (TPSA) is 26.3 Å². The van der Waals surface area contributed by atoms with Crippen LogP contribution in [0.5, 0.6) is 0 Å². The lowest BCUT2D eigenvalue weighted by Crippen LogP contribution is -2.14. The quantitative estimate of drug-likeness (QED) is 0.262. The Morgan fingerprint density at radius 3 is 2.05 bits per heavy atom. The van der Waals surface area contributed by atoms with Crippen molar-refractivity contribution in [1.29, 1.82) is 0 Å². The third-order valence-corrected chi connectivity index (χ3v) is 3.09. The predicted molar refractivity (Wildman–Crippen MR) is 77.9 cm³/mol. The van der Waals surface area contributed by atoms with Crippen LogP contribution in [0, 0.1) is 0 Å². The van der Waals surface area contributed by atoms with E-state index in [-0.39, 0.29) is 6.61 Å². The van der Waals surface area contributed by atoms with Gasteiger partial charge >= 0.3 is 12.4 Å². The highest BCUT2D eigenvalue weighted by atomic mass is 19.3. The standard InChI is InChI=1S/C16H28F2O2/c1-2-3-4-5-6-7-8-9-10-11-12-13-14-20-16(19)15(17)18/h3-4,15H,2,5-14H2,1H3/b4-3-. The number of ether oxygens (including phenoxy) is 1. The Morgan fingerprint density at radius 1 is 0.950 bits per heavy atom. The van der Waals surface area contributed by atoms with Gasteiger partial charge in [-0.15, -0.1) is 0 Å². The molecule has 20 heavy (non-hydrogen) atoms. The van der Waals surface area contributed by atoms with Gasteiger partial charge in [-0.05, 0) is 25.7 Å². The molecule has 0 radical (unpaired) electrons. The van der Waals surface area contributed by atoms with Gasteiger partial charge in [0.05, 0.1) is 6.61 Å². The summed E-state index contributed by atoms with van der Waals surface area (Å²) in [7, 11) is 0. The highest BCUT2D eigenvalue weighted by Gasteiger charge is 2.15. The number of allylic oxidation sites excluding steroid dienone is 2. The molecule has 0 aromatic carbocycles. The lowest BCUT2D eigenvalue weighted by Gasteiger charge is -2.04. The number of rotatable bonds is 13. The van der Waals surface area contributed by atoms with Crippen molar-refractivity contribution in [2.45, 2.75) is 77.6 Å². The molecule has 0 fully saturated rings. The lowest BCUT2D eigenvalue weighted by molar-refractivity contribution is -0.156. The number of hydrogen-bond donors (Lipinski definition) is 0. The van der Waals surface area contributed by atoms with E-state index in [0.29, 0.717) is 6.42 Å². The van der Waals surface area contributed by atoms with Gasteiger partial charge in [-0.1, -0.05) is 57.6 Å². The third-order valence-electron chi connectivity index (χ3n) is 3.09. The lowest BCUT2D eigenvalue weighted by atomic mass is 10.1. The zero-order valence-corrected chi connectivity index (χ0v) is 12.6. The van der Waals surface area contributed by atoms with Gasteiger partial charge < -0.3 is 4.74 Å². The molecular weight excluding hydrogens is 262 g/mol. The van der Waals surface area contributed by atoms with Crippen molar-refractivity contribution in [3.05, 3.63) is 12.2 Å². The fourth-order valence-electron chi connectivity index (χ4n) is 1.95. The first-order valence-electron chi connectivity index (χ1n) is 7.78. The fraction of sp³-hybridized carbons (Fsp3) is 0.812. The van der Waals surface area contributed by atoms with Crippen molar-refractivity contribution in [2.75, 3.05) is 6.61 Å². The zero-order chi connectivity index (χ0) is 15.1. The number of halogens is 2. The number of unbranched alkanes of at least 4 members (excludes halogenated alkanes) is 8. The van der Waals surface area contributed by atoms with Crippen LogP contribution in [0.2, 0.25) is 0 Å². The van der Waals surface area contributed by atoms with E-state index in [1.165, 1.54) is 38.5 Å². The number of carbonyl (C=O) groups is 1. The monoisotopic (exact) mass is 290 g/mol. The summed E-state index contributed by atoms with van der Waals surface area (Å²) in [6.45, 7) is 2.26. The summed E-state index contributed by atoms with van der Waals surface area (Å²) in [4.78, 5) is 10.5. The third kappa shape index (κ3) is 13.5. The zero-order valence-electron chi connectivity index (χ0n) is 12.6. The van der Waals surface area contributed by atoms with Crippen LogP contribution in [0.3, 0.4) is 0 Å². The highest BCUT2D eigenvalue weighted by Crippen LogP contribution is 2.10.